The van der Waals surface area contributed by atoms with Crippen LogP contribution in [-0.4, -0.2) is 26.5 Å². The fourth-order valence-electron chi connectivity index (χ4n) is 3.70. The monoisotopic (exact) mass is 409 g/mol. The standard InChI is InChI=1S/C22H20ClN3O3/c23-18-8-4-5-9-19(18)26-11-10-24(21(28)22(26)29)14-17-12-20(27)25(15-17)13-16-6-2-1-3-7-16/h1-11,17H,12-15H2. The van der Waals surface area contributed by atoms with Gasteiger partial charge in [-0.3, -0.25) is 19.0 Å². The average molecular weight is 410 g/mol. The van der Waals surface area contributed by atoms with E-state index in [1.165, 1.54) is 9.13 Å². The number of carbonyl (C=O) groups is 1. The SMILES string of the molecule is O=C1CC(Cn2ccn(-c3ccccc3Cl)c(=O)c2=O)CN1Cc1ccccc1. The Morgan fingerprint density at radius 3 is 2.38 bits per heavy atom. The molecular formula is C22H20ClN3O3. The first-order valence-electron chi connectivity index (χ1n) is 9.41. The van der Waals surface area contributed by atoms with Crippen molar-refractivity contribution in [2.24, 2.45) is 5.92 Å². The van der Waals surface area contributed by atoms with E-state index in [0.29, 0.717) is 36.8 Å². The van der Waals surface area contributed by atoms with Crippen molar-refractivity contribution in [3.05, 3.63) is 98.3 Å². The van der Waals surface area contributed by atoms with Gasteiger partial charge in [0.2, 0.25) is 5.91 Å². The second-order valence-electron chi connectivity index (χ2n) is 7.21. The van der Waals surface area contributed by atoms with Crippen LogP contribution in [0.1, 0.15) is 12.0 Å². The highest BCUT2D eigenvalue weighted by Crippen LogP contribution is 2.21. The molecule has 1 aliphatic rings. The zero-order valence-electron chi connectivity index (χ0n) is 15.7. The van der Waals surface area contributed by atoms with Crippen molar-refractivity contribution in [1.29, 1.82) is 0 Å². The van der Waals surface area contributed by atoms with Crippen molar-refractivity contribution in [2.45, 2.75) is 19.5 Å². The van der Waals surface area contributed by atoms with Crippen LogP contribution in [-0.2, 0) is 17.9 Å². The van der Waals surface area contributed by atoms with Crippen LogP contribution < -0.4 is 11.1 Å². The number of hydrogen-bond donors (Lipinski definition) is 0. The minimum absolute atomic E-state index is 0.0144. The summed E-state index contributed by atoms with van der Waals surface area (Å²) < 4.78 is 2.64. The Hall–Kier alpha value is -3.12. The lowest BCUT2D eigenvalue weighted by Gasteiger charge is -2.17. The third-order valence-electron chi connectivity index (χ3n) is 5.14. The molecule has 1 unspecified atom stereocenters. The summed E-state index contributed by atoms with van der Waals surface area (Å²) in [5.74, 6) is 0.0517. The average Bonchev–Trinajstić information content (AvgIpc) is 3.06. The van der Waals surface area contributed by atoms with Crippen molar-refractivity contribution in [3.8, 4) is 5.69 Å². The lowest BCUT2D eigenvalue weighted by Crippen LogP contribution is -2.41. The fourth-order valence-corrected chi connectivity index (χ4v) is 3.93. The molecule has 0 spiro atoms. The van der Waals surface area contributed by atoms with Gasteiger partial charge in [-0.1, -0.05) is 54.1 Å². The molecule has 3 aromatic rings. The van der Waals surface area contributed by atoms with Crippen LogP contribution in [0.2, 0.25) is 5.02 Å². The van der Waals surface area contributed by atoms with Crippen LogP contribution in [0, 0.1) is 5.92 Å². The lowest BCUT2D eigenvalue weighted by atomic mass is 10.1. The Balaban J connectivity index is 1.51. The van der Waals surface area contributed by atoms with Gasteiger partial charge in [0.05, 0.1) is 10.7 Å². The Morgan fingerprint density at radius 1 is 0.897 bits per heavy atom. The van der Waals surface area contributed by atoms with E-state index in [-0.39, 0.29) is 11.8 Å². The van der Waals surface area contributed by atoms with Crippen molar-refractivity contribution in [1.82, 2.24) is 14.0 Å². The molecular weight excluding hydrogens is 390 g/mol. The largest absolute Gasteiger partial charge is 0.338 e. The highest BCUT2D eigenvalue weighted by Gasteiger charge is 2.30. The van der Waals surface area contributed by atoms with E-state index < -0.39 is 11.1 Å². The molecule has 1 aliphatic heterocycles. The number of aromatic nitrogens is 2. The predicted molar refractivity (Wildman–Crippen MR) is 111 cm³/mol. The lowest BCUT2D eigenvalue weighted by molar-refractivity contribution is -0.128. The molecule has 6 nitrogen and oxygen atoms in total. The summed E-state index contributed by atoms with van der Waals surface area (Å²) in [6.45, 7) is 1.45. The molecule has 1 fully saturated rings. The Bertz CT molecular complexity index is 1150. The van der Waals surface area contributed by atoms with Crippen molar-refractivity contribution < 1.29 is 4.79 Å². The number of rotatable bonds is 5. The molecule has 29 heavy (non-hydrogen) atoms. The van der Waals surface area contributed by atoms with E-state index in [9.17, 15) is 14.4 Å². The molecule has 2 heterocycles. The zero-order valence-corrected chi connectivity index (χ0v) is 16.5. The molecule has 7 heteroatoms. The Kier molecular flexibility index (Phi) is 5.36. The van der Waals surface area contributed by atoms with Crippen molar-refractivity contribution in [3.63, 3.8) is 0 Å². The van der Waals surface area contributed by atoms with Gasteiger partial charge in [0.1, 0.15) is 0 Å². The summed E-state index contributed by atoms with van der Waals surface area (Å²) in [6, 6.07) is 16.7. The van der Waals surface area contributed by atoms with Gasteiger partial charge >= 0.3 is 11.1 Å². The number of benzene rings is 2. The summed E-state index contributed by atoms with van der Waals surface area (Å²) in [5, 5.41) is 0.393. The number of amides is 1. The first-order valence-corrected chi connectivity index (χ1v) is 9.79. The Labute approximate surface area is 172 Å². The summed E-state index contributed by atoms with van der Waals surface area (Å²) >= 11 is 6.15. The van der Waals surface area contributed by atoms with E-state index in [1.54, 1.807) is 41.6 Å². The topological polar surface area (TPSA) is 64.3 Å². The van der Waals surface area contributed by atoms with Crippen LogP contribution in [0.15, 0.2) is 76.6 Å². The molecule has 0 saturated carbocycles. The summed E-state index contributed by atoms with van der Waals surface area (Å²) in [7, 11) is 0. The van der Waals surface area contributed by atoms with Crippen LogP contribution in [0.25, 0.3) is 5.69 Å². The highest BCUT2D eigenvalue weighted by molar-refractivity contribution is 6.32. The molecule has 148 valence electrons. The van der Waals surface area contributed by atoms with Crippen LogP contribution >= 0.6 is 11.6 Å². The number of halogens is 1. The van der Waals surface area contributed by atoms with Gasteiger partial charge in [0.25, 0.3) is 0 Å². The van der Waals surface area contributed by atoms with Gasteiger partial charge in [-0.25, -0.2) is 0 Å². The van der Waals surface area contributed by atoms with E-state index >= 15 is 0 Å². The minimum atomic E-state index is -0.661. The zero-order chi connectivity index (χ0) is 20.4. The van der Waals surface area contributed by atoms with Crippen LogP contribution in [0.4, 0.5) is 0 Å². The predicted octanol–water partition coefficient (Wildman–Crippen LogP) is 2.70. The van der Waals surface area contributed by atoms with E-state index in [0.717, 1.165) is 5.56 Å². The maximum absolute atomic E-state index is 12.6. The number of hydrogen-bond acceptors (Lipinski definition) is 3. The maximum atomic E-state index is 12.6. The van der Waals surface area contributed by atoms with Gasteiger partial charge in [-0.05, 0) is 17.7 Å². The molecule has 1 atom stereocenters. The molecule has 0 N–H and O–H groups in total. The third-order valence-corrected chi connectivity index (χ3v) is 5.46. The summed E-state index contributed by atoms with van der Waals surface area (Å²) in [5.41, 5.74) is 0.252. The maximum Gasteiger partial charge on any atom is 0.321 e. The first kappa shape index (κ1) is 19.2. The third kappa shape index (κ3) is 4.03. The van der Waals surface area contributed by atoms with Gasteiger partial charge < -0.3 is 9.47 Å². The number of likely N-dealkylation sites (tertiary alicyclic amines) is 1. The van der Waals surface area contributed by atoms with Crippen LogP contribution in [0.3, 0.4) is 0 Å². The molecule has 2 aromatic carbocycles. The second-order valence-corrected chi connectivity index (χ2v) is 7.62. The fraction of sp³-hybridized carbons (Fsp3) is 0.227. The van der Waals surface area contributed by atoms with E-state index in [4.69, 9.17) is 11.6 Å². The van der Waals surface area contributed by atoms with Gasteiger partial charge in [0.15, 0.2) is 0 Å². The second kappa shape index (κ2) is 8.09. The number of nitrogens with zero attached hydrogens (tertiary/aromatic N) is 3. The Morgan fingerprint density at radius 2 is 1.62 bits per heavy atom. The highest BCUT2D eigenvalue weighted by atomic mass is 35.5. The minimum Gasteiger partial charge on any atom is -0.338 e. The molecule has 1 aromatic heterocycles. The molecule has 1 saturated heterocycles. The van der Waals surface area contributed by atoms with Crippen LogP contribution in [0.5, 0.6) is 0 Å². The quantitative estimate of drug-likeness (QED) is 0.608. The molecule has 4 rings (SSSR count). The molecule has 1 amide bonds. The van der Waals surface area contributed by atoms with Gasteiger partial charge in [0, 0.05) is 44.4 Å². The summed E-state index contributed by atoms with van der Waals surface area (Å²) in [6.07, 6.45) is 3.49. The number of para-hydroxylation sites is 1. The van der Waals surface area contributed by atoms with E-state index in [2.05, 4.69) is 0 Å². The molecule has 0 bridgehead atoms. The smallest absolute Gasteiger partial charge is 0.321 e. The van der Waals surface area contributed by atoms with Gasteiger partial charge in [-0.15, -0.1) is 0 Å². The normalized spacial score (nSPS) is 16.4. The molecule has 0 radical (unpaired) electrons. The number of carbonyl (C=O) groups excluding carboxylic acids is 1. The van der Waals surface area contributed by atoms with Gasteiger partial charge in [-0.2, -0.15) is 0 Å². The van der Waals surface area contributed by atoms with E-state index in [1.807, 2.05) is 30.3 Å². The molecule has 0 aliphatic carbocycles. The summed E-state index contributed by atoms with van der Waals surface area (Å²) in [4.78, 5) is 39.4. The first-order chi connectivity index (χ1) is 14.0. The van der Waals surface area contributed by atoms with Crippen molar-refractivity contribution >= 4 is 17.5 Å². The van der Waals surface area contributed by atoms with Crippen molar-refractivity contribution in [2.75, 3.05) is 6.54 Å².